The predicted octanol–water partition coefficient (Wildman–Crippen LogP) is 2.56. The van der Waals surface area contributed by atoms with Gasteiger partial charge in [-0.25, -0.2) is 8.42 Å². The molecule has 0 aliphatic rings. The second-order valence-electron chi connectivity index (χ2n) is 4.48. The van der Waals surface area contributed by atoms with Crippen molar-refractivity contribution in [1.29, 1.82) is 0 Å². The molecule has 3 nitrogen and oxygen atoms in total. The van der Waals surface area contributed by atoms with Crippen molar-refractivity contribution in [3.63, 3.8) is 0 Å². The van der Waals surface area contributed by atoms with E-state index < -0.39 is 9.84 Å². The van der Waals surface area contributed by atoms with Gasteiger partial charge in [0, 0.05) is 12.7 Å². The normalized spacial score (nSPS) is 13.4. The van der Waals surface area contributed by atoms with Crippen molar-refractivity contribution >= 4 is 15.6 Å². The highest BCUT2D eigenvalue weighted by molar-refractivity contribution is 7.90. The van der Waals surface area contributed by atoms with Crippen LogP contribution in [-0.2, 0) is 14.6 Å². The van der Waals surface area contributed by atoms with Gasteiger partial charge in [-0.1, -0.05) is 19.1 Å². The topological polar surface area (TPSA) is 51.2 Å². The molecule has 1 aromatic rings. The first-order valence-electron chi connectivity index (χ1n) is 5.60. The molecular weight excluding hydrogens is 236 g/mol. The van der Waals surface area contributed by atoms with E-state index in [1.54, 1.807) is 19.1 Å². The third kappa shape index (κ3) is 4.30. The molecule has 1 atom stereocenters. The van der Waals surface area contributed by atoms with Crippen molar-refractivity contribution in [2.45, 2.75) is 37.5 Å². The highest BCUT2D eigenvalue weighted by Crippen LogP contribution is 2.22. The van der Waals surface area contributed by atoms with Crippen LogP contribution in [0.15, 0.2) is 29.2 Å². The Kier molecular flexibility index (Phi) is 4.46. The lowest BCUT2D eigenvalue weighted by atomic mass is 9.95. The summed E-state index contributed by atoms with van der Waals surface area (Å²) in [6, 6.07) is 6.88. The van der Waals surface area contributed by atoms with Gasteiger partial charge in [0.2, 0.25) is 0 Å². The van der Waals surface area contributed by atoms with Crippen molar-refractivity contribution < 1.29 is 13.2 Å². The molecule has 0 heterocycles. The zero-order valence-electron chi connectivity index (χ0n) is 10.4. The Morgan fingerprint density at radius 3 is 2.18 bits per heavy atom. The molecule has 0 N–H and O–H groups in total. The van der Waals surface area contributed by atoms with Gasteiger partial charge in [0.25, 0.3) is 0 Å². The molecule has 0 amide bonds. The van der Waals surface area contributed by atoms with Crippen molar-refractivity contribution in [3.8, 4) is 0 Å². The van der Waals surface area contributed by atoms with E-state index in [2.05, 4.69) is 0 Å². The van der Waals surface area contributed by atoms with E-state index in [9.17, 15) is 13.2 Å². The van der Waals surface area contributed by atoms with Gasteiger partial charge >= 0.3 is 0 Å². The lowest BCUT2D eigenvalue weighted by Gasteiger charge is -2.11. The van der Waals surface area contributed by atoms with Crippen LogP contribution >= 0.6 is 0 Å². The summed E-state index contributed by atoms with van der Waals surface area (Å²) in [7, 11) is -3.13. The minimum absolute atomic E-state index is 0.185. The molecule has 1 unspecified atom stereocenters. The maximum Gasteiger partial charge on any atom is 0.175 e. The van der Waals surface area contributed by atoms with Gasteiger partial charge < -0.3 is 4.79 Å². The quantitative estimate of drug-likeness (QED) is 0.811. The van der Waals surface area contributed by atoms with Gasteiger partial charge in [0.1, 0.15) is 5.78 Å². The molecule has 0 spiro atoms. The number of carbonyl (C=O) groups excluding carboxylic acids is 1. The molecule has 0 aliphatic carbocycles. The number of benzene rings is 1. The summed E-state index contributed by atoms with van der Waals surface area (Å²) in [6.45, 7) is 3.62. The molecule has 4 heteroatoms. The minimum Gasteiger partial charge on any atom is -0.300 e. The van der Waals surface area contributed by atoms with Crippen LogP contribution in [0.25, 0.3) is 0 Å². The largest absolute Gasteiger partial charge is 0.300 e. The van der Waals surface area contributed by atoms with E-state index in [1.165, 1.54) is 6.26 Å². The molecule has 1 rings (SSSR count). The number of hydrogen-bond acceptors (Lipinski definition) is 3. The van der Waals surface area contributed by atoms with Gasteiger partial charge in [-0.15, -0.1) is 0 Å². The Labute approximate surface area is 103 Å². The first kappa shape index (κ1) is 13.9. The molecule has 0 saturated heterocycles. The van der Waals surface area contributed by atoms with Gasteiger partial charge in [0.15, 0.2) is 9.84 Å². The zero-order valence-corrected chi connectivity index (χ0v) is 11.3. The smallest absolute Gasteiger partial charge is 0.175 e. The molecule has 0 radical (unpaired) electrons. The molecule has 0 bridgehead atoms. The number of sulfone groups is 1. The summed E-state index contributed by atoms with van der Waals surface area (Å²) in [5.41, 5.74) is 1.07. The monoisotopic (exact) mass is 254 g/mol. The second kappa shape index (κ2) is 5.45. The van der Waals surface area contributed by atoms with Gasteiger partial charge in [0.05, 0.1) is 4.90 Å². The Morgan fingerprint density at radius 1 is 1.24 bits per heavy atom. The number of carbonyl (C=O) groups is 1. The molecule has 0 saturated carbocycles. The lowest BCUT2D eigenvalue weighted by molar-refractivity contribution is -0.117. The van der Waals surface area contributed by atoms with Crippen LogP contribution < -0.4 is 0 Å². The van der Waals surface area contributed by atoms with Gasteiger partial charge in [-0.2, -0.15) is 0 Å². The zero-order chi connectivity index (χ0) is 13.1. The number of rotatable bonds is 5. The van der Waals surface area contributed by atoms with E-state index in [0.717, 1.165) is 12.0 Å². The van der Waals surface area contributed by atoms with Crippen LogP contribution in [0.5, 0.6) is 0 Å². The number of hydrogen-bond donors (Lipinski definition) is 0. The molecule has 0 fully saturated rings. The fourth-order valence-corrected chi connectivity index (χ4v) is 2.26. The van der Waals surface area contributed by atoms with Crippen LogP contribution in [-0.4, -0.2) is 20.5 Å². The van der Waals surface area contributed by atoms with Crippen LogP contribution in [0.4, 0.5) is 0 Å². The Bertz CT molecular complexity index is 486. The van der Waals surface area contributed by atoms with Crippen molar-refractivity contribution in [2.75, 3.05) is 6.26 Å². The summed E-state index contributed by atoms with van der Waals surface area (Å²) in [5.74, 6) is 0.456. The third-order valence-electron chi connectivity index (χ3n) is 2.81. The van der Waals surface area contributed by atoms with Crippen LogP contribution in [0, 0.1) is 0 Å². The predicted molar refractivity (Wildman–Crippen MR) is 67.9 cm³/mol. The standard InChI is InChI=1S/C13H18O3S/c1-10(4-5-11(2)14)12-6-8-13(9-7-12)17(3,15)16/h6-10H,4-5H2,1-3H3. The maximum atomic E-state index is 11.3. The highest BCUT2D eigenvalue weighted by Gasteiger charge is 2.10. The first-order chi connectivity index (χ1) is 7.80. The van der Waals surface area contributed by atoms with E-state index in [4.69, 9.17) is 0 Å². The summed E-state index contributed by atoms with van der Waals surface area (Å²) in [5, 5.41) is 0. The molecule has 0 aliphatic heterocycles. The lowest BCUT2D eigenvalue weighted by Crippen LogP contribution is -2.00. The van der Waals surface area contributed by atoms with Crippen LogP contribution in [0.3, 0.4) is 0 Å². The van der Waals surface area contributed by atoms with E-state index in [1.807, 2.05) is 19.1 Å². The number of Topliss-reactive ketones (excluding diaryl/α,β-unsaturated/α-hetero) is 1. The van der Waals surface area contributed by atoms with Gasteiger partial charge in [-0.3, -0.25) is 0 Å². The molecular formula is C13H18O3S. The summed E-state index contributed by atoms with van der Waals surface area (Å²) < 4.78 is 22.6. The third-order valence-corrected chi connectivity index (χ3v) is 3.94. The SMILES string of the molecule is CC(=O)CCC(C)c1ccc(S(C)(=O)=O)cc1. The van der Waals surface area contributed by atoms with Crippen LogP contribution in [0.1, 0.15) is 38.2 Å². The van der Waals surface area contributed by atoms with E-state index in [-0.39, 0.29) is 11.7 Å². The molecule has 94 valence electrons. The maximum absolute atomic E-state index is 11.3. The average molecular weight is 254 g/mol. The van der Waals surface area contributed by atoms with Crippen molar-refractivity contribution in [3.05, 3.63) is 29.8 Å². The fourth-order valence-electron chi connectivity index (χ4n) is 1.63. The molecule has 1 aromatic carbocycles. The summed E-state index contributed by atoms with van der Waals surface area (Å²) >= 11 is 0. The van der Waals surface area contributed by atoms with E-state index >= 15 is 0 Å². The van der Waals surface area contributed by atoms with Crippen molar-refractivity contribution in [1.82, 2.24) is 0 Å². The van der Waals surface area contributed by atoms with Crippen molar-refractivity contribution in [2.24, 2.45) is 0 Å². The van der Waals surface area contributed by atoms with Crippen LogP contribution in [0.2, 0.25) is 0 Å². The Morgan fingerprint density at radius 2 is 1.76 bits per heavy atom. The average Bonchev–Trinajstić information content (AvgIpc) is 2.25. The van der Waals surface area contributed by atoms with Gasteiger partial charge in [-0.05, 0) is 37.0 Å². The summed E-state index contributed by atoms with van der Waals surface area (Å²) in [6.07, 6.45) is 2.56. The highest BCUT2D eigenvalue weighted by atomic mass is 32.2. The molecule has 17 heavy (non-hydrogen) atoms. The Hall–Kier alpha value is -1.16. The fraction of sp³-hybridized carbons (Fsp3) is 0.462. The first-order valence-corrected chi connectivity index (χ1v) is 7.49. The Balaban J connectivity index is 2.77. The summed E-state index contributed by atoms with van der Waals surface area (Å²) in [4.78, 5) is 11.2. The number of ketones is 1. The minimum atomic E-state index is -3.13. The van der Waals surface area contributed by atoms with E-state index in [0.29, 0.717) is 11.3 Å². The second-order valence-corrected chi connectivity index (χ2v) is 6.50. The molecule has 0 aromatic heterocycles.